The SMILES string of the molecule is COc1ccc(C(C)NC(C)c2ncc(C)o2)cc1F. The van der Waals surface area contributed by atoms with Crippen LogP contribution in [-0.2, 0) is 0 Å². The fourth-order valence-electron chi connectivity index (χ4n) is 2.07. The number of nitrogens with one attached hydrogen (secondary N) is 1. The highest BCUT2D eigenvalue weighted by atomic mass is 19.1. The van der Waals surface area contributed by atoms with Crippen LogP contribution < -0.4 is 10.1 Å². The molecule has 0 saturated heterocycles. The van der Waals surface area contributed by atoms with E-state index in [9.17, 15) is 4.39 Å². The summed E-state index contributed by atoms with van der Waals surface area (Å²) < 4.78 is 24.1. The Labute approximate surface area is 118 Å². The van der Waals surface area contributed by atoms with Crippen molar-refractivity contribution in [1.82, 2.24) is 10.3 Å². The Hall–Kier alpha value is -1.88. The van der Waals surface area contributed by atoms with Crippen LogP contribution in [0, 0.1) is 12.7 Å². The first kappa shape index (κ1) is 14.5. The molecule has 2 aromatic rings. The van der Waals surface area contributed by atoms with Crippen LogP contribution in [0.5, 0.6) is 5.75 Å². The Kier molecular flexibility index (Phi) is 4.39. The van der Waals surface area contributed by atoms with Crippen molar-refractivity contribution < 1.29 is 13.5 Å². The van der Waals surface area contributed by atoms with E-state index >= 15 is 0 Å². The minimum atomic E-state index is -0.363. The van der Waals surface area contributed by atoms with E-state index in [1.807, 2.05) is 26.8 Å². The van der Waals surface area contributed by atoms with Gasteiger partial charge < -0.3 is 9.15 Å². The molecule has 2 unspecified atom stereocenters. The van der Waals surface area contributed by atoms with Gasteiger partial charge in [-0.25, -0.2) is 9.37 Å². The van der Waals surface area contributed by atoms with Crippen molar-refractivity contribution in [2.45, 2.75) is 32.9 Å². The average molecular weight is 278 g/mol. The van der Waals surface area contributed by atoms with Crippen LogP contribution in [0.15, 0.2) is 28.8 Å². The minimum absolute atomic E-state index is 0.0300. The van der Waals surface area contributed by atoms with Crippen molar-refractivity contribution in [3.05, 3.63) is 47.4 Å². The molecular weight excluding hydrogens is 259 g/mol. The lowest BCUT2D eigenvalue weighted by atomic mass is 10.1. The maximum Gasteiger partial charge on any atom is 0.211 e. The number of ether oxygens (including phenoxy) is 1. The van der Waals surface area contributed by atoms with Crippen LogP contribution in [0.1, 0.15) is 43.1 Å². The summed E-state index contributed by atoms with van der Waals surface area (Å²) in [5.74, 6) is 1.29. The van der Waals surface area contributed by atoms with Crippen LogP contribution in [0.4, 0.5) is 4.39 Å². The zero-order valence-corrected chi connectivity index (χ0v) is 12.1. The maximum atomic E-state index is 13.7. The lowest BCUT2D eigenvalue weighted by Gasteiger charge is -2.18. The third-order valence-corrected chi connectivity index (χ3v) is 3.19. The largest absolute Gasteiger partial charge is 0.494 e. The highest BCUT2D eigenvalue weighted by Gasteiger charge is 2.16. The van der Waals surface area contributed by atoms with Crippen LogP contribution in [0.2, 0.25) is 0 Å². The van der Waals surface area contributed by atoms with Crippen molar-refractivity contribution in [3.8, 4) is 5.75 Å². The molecule has 0 aliphatic carbocycles. The number of benzene rings is 1. The van der Waals surface area contributed by atoms with Crippen LogP contribution in [0.25, 0.3) is 0 Å². The molecule has 2 atom stereocenters. The Morgan fingerprint density at radius 2 is 2.05 bits per heavy atom. The molecule has 0 fully saturated rings. The summed E-state index contributed by atoms with van der Waals surface area (Å²) in [5, 5.41) is 3.33. The van der Waals surface area contributed by atoms with Gasteiger partial charge in [0, 0.05) is 6.04 Å². The first-order chi connectivity index (χ1) is 9.51. The number of nitrogens with zero attached hydrogens (tertiary/aromatic N) is 1. The van der Waals surface area contributed by atoms with Crippen molar-refractivity contribution in [2.75, 3.05) is 7.11 Å². The van der Waals surface area contributed by atoms with Crippen molar-refractivity contribution in [2.24, 2.45) is 0 Å². The Morgan fingerprint density at radius 1 is 1.30 bits per heavy atom. The second-order valence-corrected chi connectivity index (χ2v) is 4.81. The van der Waals surface area contributed by atoms with Gasteiger partial charge in [-0.05, 0) is 38.5 Å². The van der Waals surface area contributed by atoms with E-state index in [4.69, 9.17) is 9.15 Å². The molecule has 0 aliphatic heterocycles. The fourth-order valence-corrected chi connectivity index (χ4v) is 2.07. The summed E-state index contributed by atoms with van der Waals surface area (Å²) in [5.41, 5.74) is 0.846. The molecule has 1 aromatic carbocycles. The average Bonchev–Trinajstić information content (AvgIpc) is 2.85. The first-order valence-corrected chi connectivity index (χ1v) is 6.53. The number of hydrogen-bond acceptors (Lipinski definition) is 4. The Balaban J connectivity index is 2.07. The monoisotopic (exact) mass is 278 g/mol. The molecule has 0 radical (unpaired) electrons. The second-order valence-electron chi connectivity index (χ2n) is 4.81. The molecule has 108 valence electrons. The lowest BCUT2D eigenvalue weighted by molar-refractivity contribution is 0.375. The first-order valence-electron chi connectivity index (χ1n) is 6.53. The molecule has 1 aromatic heterocycles. The van der Waals surface area contributed by atoms with E-state index in [0.717, 1.165) is 11.3 Å². The summed E-state index contributed by atoms with van der Waals surface area (Å²) in [7, 11) is 1.45. The van der Waals surface area contributed by atoms with Crippen LogP contribution in [0.3, 0.4) is 0 Å². The fraction of sp³-hybridized carbons (Fsp3) is 0.400. The molecule has 2 rings (SSSR count). The van der Waals surface area contributed by atoms with Gasteiger partial charge in [-0.3, -0.25) is 5.32 Å². The lowest BCUT2D eigenvalue weighted by Crippen LogP contribution is -2.22. The molecule has 20 heavy (non-hydrogen) atoms. The number of rotatable bonds is 5. The molecule has 5 heteroatoms. The molecule has 0 aliphatic rings. The summed E-state index contributed by atoms with van der Waals surface area (Å²) in [4.78, 5) is 4.18. The van der Waals surface area contributed by atoms with Crippen molar-refractivity contribution in [3.63, 3.8) is 0 Å². The van der Waals surface area contributed by atoms with Crippen molar-refractivity contribution >= 4 is 0 Å². The van der Waals surface area contributed by atoms with Crippen LogP contribution >= 0.6 is 0 Å². The van der Waals surface area contributed by atoms with Gasteiger partial charge in [0.1, 0.15) is 5.76 Å². The highest BCUT2D eigenvalue weighted by Crippen LogP contribution is 2.24. The number of methoxy groups -OCH3 is 1. The number of aryl methyl sites for hydroxylation is 1. The summed E-state index contributed by atoms with van der Waals surface area (Å²) >= 11 is 0. The third-order valence-electron chi connectivity index (χ3n) is 3.19. The minimum Gasteiger partial charge on any atom is -0.494 e. The van der Waals surface area contributed by atoms with E-state index < -0.39 is 0 Å². The van der Waals surface area contributed by atoms with Gasteiger partial charge >= 0.3 is 0 Å². The van der Waals surface area contributed by atoms with Gasteiger partial charge in [0.2, 0.25) is 5.89 Å². The third kappa shape index (κ3) is 3.17. The van der Waals surface area contributed by atoms with E-state index in [1.165, 1.54) is 13.2 Å². The van der Waals surface area contributed by atoms with E-state index in [-0.39, 0.29) is 23.7 Å². The number of halogens is 1. The highest BCUT2D eigenvalue weighted by molar-refractivity contribution is 5.30. The van der Waals surface area contributed by atoms with Gasteiger partial charge in [0.25, 0.3) is 0 Å². The molecule has 0 amide bonds. The van der Waals surface area contributed by atoms with E-state index in [2.05, 4.69) is 10.3 Å². The predicted octanol–water partition coefficient (Wildman–Crippen LogP) is 3.54. The molecule has 4 nitrogen and oxygen atoms in total. The smallest absolute Gasteiger partial charge is 0.211 e. The molecule has 1 heterocycles. The quantitative estimate of drug-likeness (QED) is 0.908. The maximum absolute atomic E-state index is 13.7. The zero-order valence-electron chi connectivity index (χ0n) is 12.1. The Bertz CT molecular complexity index is 583. The summed E-state index contributed by atoms with van der Waals surface area (Å²) in [6.45, 7) is 5.78. The van der Waals surface area contributed by atoms with Crippen LogP contribution in [-0.4, -0.2) is 12.1 Å². The second kappa shape index (κ2) is 6.05. The summed E-state index contributed by atoms with van der Waals surface area (Å²) in [6.07, 6.45) is 1.69. The molecule has 1 N–H and O–H groups in total. The zero-order chi connectivity index (χ0) is 14.7. The normalized spacial score (nSPS) is 14.1. The predicted molar refractivity (Wildman–Crippen MR) is 74.2 cm³/mol. The van der Waals surface area contributed by atoms with Gasteiger partial charge in [-0.1, -0.05) is 6.07 Å². The van der Waals surface area contributed by atoms with Gasteiger partial charge in [0.15, 0.2) is 11.6 Å². The standard InChI is InChI=1S/C15H19FN2O2/c1-9-8-17-15(20-9)11(3)18-10(2)12-5-6-14(19-4)13(16)7-12/h5-8,10-11,18H,1-4H3. The molecule has 0 saturated carbocycles. The number of hydrogen-bond donors (Lipinski definition) is 1. The van der Waals surface area contributed by atoms with Gasteiger partial charge in [-0.15, -0.1) is 0 Å². The van der Waals surface area contributed by atoms with Crippen molar-refractivity contribution in [1.29, 1.82) is 0 Å². The topological polar surface area (TPSA) is 47.3 Å². The molecule has 0 bridgehead atoms. The molecular formula is C15H19FN2O2. The van der Waals surface area contributed by atoms with Gasteiger partial charge in [-0.2, -0.15) is 0 Å². The summed E-state index contributed by atoms with van der Waals surface area (Å²) in [6, 6.07) is 4.86. The van der Waals surface area contributed by atoms with E-state index in [0.29, 0.717) is 5.89 Å². The molecule has 0 spiro atoms. The number of oxazole rings is 1. The van der Waals surface area contributed by atoms with Gasteiger partial charge in [0.05, 0.1) is 19.3 Å². The Morgan fingerprint density at radius 3 is 2.60 bits per heavy atom. The number of aromatic nitrogens is 1. The van der Waals surface area contributed by atoms with E-state index in [1.54, 1.807) is 12.3 Å².